The number of pyridine rings is 1. The van der Waals surface area contributed by atoms with Gasteiger partial charge in [-0.15, -0.1) is 0 Å². The number of Topliss-reactive ketones (excluding diaryl/α,β-unsaturated/α-hetero) is 1. The SMILES string of the molecule is Cc1c(/C(O)=C2\C(=O)C(=O)N(CCCN3CCOCC3)[C@@H]2c2ccncc2)cnn1-c1ccccc1. The van der Waals surface area contributed by atoms with Gasteiger partial charge >= 0.3 is 0 Å². The molecule has 4 heterocycles. The lowest BCUT2D eigenvalue weighted by Crippen LogP contribution is -2.38. The number of rotatable bonds is 7. The fourth-order valence-corrected chi connectivity index (χ4v) is 4.91. The molecule has 2 aromatic heterocycles. The van der Waals surface area contributed by atoms with Crippen molar-refractivity contribution >= 4 is 17.4 Å². The van der Waals surface area contributed by atoms with Crippen molar-refractivity contribution < 1.29 is 19.4 Å². The van der Waals surface area contributed by atoms with Crippen molar-refractivity contribution in [3.8, 4) is 5.69 Å². The van der Waals surface area contributed by atoms with Crippen LogP contribution in [0.15, 0.2) is 66.6 Å². The molecule has 2 saturated heterocycles. The molecule has 0 radical (unpaired) electrons. The fourth-order valence-electron chi connectivity index (χ4n) is 4.91. The number of aliphatic hydroxyl groups excluding tert-OH is 1. The Hall–Kier alpha value is -3.82. The summed E-state index contributed by atoms with van der Waals surface area (Å²) in [6.07, 6.45) is 5.50. The normalized spacial score (nSPS) is 20.2. The van der Waals surface area contributed by atoms with Gasteiger partial charge in [0.05, 0.1) is 48.0 Å². The largest absolute Gasteiger partial charge is 0.507 e. The Bertz CT molecular complexity index is 1270. The van der Waals surface area contributed by atoms with Crippen molar-refractivity contribution in [2.45, 2.75) is 19.4 Å². The number of ketones is 1. The number of ether oxygens (including phenoxy) is 1. The molecule has 0 unspecified atom stereocenters. The summed E-state index contributed by atoms with van der Waals surface area (Å²) in [4.78, 5) is 34.4. The molecule has 2 aliphatic heterocycles. The molecule has 1 aromatic carbocycles. The van der Waals surface area contributed by atoms with Crippen LogP contribution in [0.4, 0.5) is 0 Å². The van der Waals surface area contributed by atoms with Crippen LogP contribution < -0.4 is 0 Å². The molecule has 1 N–H and O–H groups in total. The van der Waals surface area contributed by atoms with Gasteiger partial charge in [0.25, 0.3) is 11.7 Å². The van der Waals surface area contributed by atoms with Gasteiger partial charge in [-0.3, -0.25) is 19.5 Å². The van der Waals surface area contributed by atoms with Crippen LogP contribution in [0.5, 0.6) is 0 Å². The van der Waals surface area contributed by atoms with E-state index in [1.165, 1.54) is 6.20 Å². The van der Waals surface area contributed by atoms with E-state index in [1.54, 1.807) is 34.1 Å². The monoisotopic (exact) mass is 487 g/mol. The van der Waals surface area contributed by atoms with E-state index in [0.717, 1.165) is 30.9 Å². The lowest BCUT2D eigenvalue weighted by molar-refractivity contribution is -0.140. The van der Waals surface area contributed by atoms with E-state index < -0.39 is 17.7 Å². The van der Waals surface area contributed by atoms with E-state index in [9.17, 15) is 14.7 Å². The standard InChI is InChI=1S/C27H29N5O4/c1-19-22(18-29-32(19)21-6-3-2-4-7-21)25(33)23-24(20-8-10-28-11-9-20)31(27(35)26(23)34)13-5-12-30-14-16-36-17-15-30/h2-4,6-11,18,24,33H,5,12-17H2,1H3/b25-23+/t24-/m1/s1. The molecule has 2 aliphatic rings. The predicted octanol–water partition coefficient (Wildman–Crippen LogP) is 2.72. The Morgan fingerprint density at radius 2 is 1.78 bits per heavy atom. The molecule has 0 spiro atoms. The first kappa shape index (κ1) is 23.9. The molecule has 2 fully saturated rings. The van der Waals surface area contributed by atoms with Gasteiger partial charge in [-0.2, -0.15) is 5.10 Å². The maximum Gasteiger partial charge on any atom is 0.295 e. The first-order chi connectivity index (χ1) is 17.6. The number of hydrogen-bond donors (Lipinski definition) is 1. The molecule has 3 aromatic rings. The van der Waals surface area contributed by atoms with Gasteiger partial charge < -0.3 is 14.7 Å². The summed E-state index contributed by atoms with van der Waals surface area (Å²) in [6, 6.07) is 12.4. The van der Waals surface area contributed by atoms with E-state index in [-0.39, 0.29) is 11.3 Å². The van der Waals surface area contributed by atoms with Crippen LogP contribution in [-0.2, 0) is 14.3 Å². The smallest absolute Gasteiger partial charge is 0.295 e. The molecule has 9 heteroatoms. The number of para-hydroxylation sites is 1. The van der Waals surface area contributed by atoms with Crippen molar-refractivity contribution in [1.82, 2.24) is 24.6 Å². The summed E-state index contributed by atoms with van der Waals surface area (Å²) < 4.78 is 7.11. The van der Waals surface area contributed by atoms with Gasteiger partial charge in [0.1, 0.15) is 5.76 Å². The minimum atomic E-state index is -0.697. The highest BCUT2D eigenvalue weighted by Crippen LogP contribution is 2.39. The Kier molecular flexibility index (Phi) is 6.92. The van der Waals surface area contributed by atoms with Crippen LogP contribution >= 0.6 is 0 Å². The van der Waals surface area contributed by atoms with E-state index >= 15 is 0 Å². The third kappa shape index (κ3) is 4.55. The minimum absolute atomic E-state index is 0.0771. The highest BCUT2D eigenvalue weighted by molar-refractivity contribution is 6.46. The third-order valence-corrected chi connectivity index (χ3v) is 6.80. The number of amides is 1. The quantitative estimate of drug-likeness (QED) is 0.311. The van der Waals surface area contributed by atoms with Crippen LogP contribution in [-0.4, -0.2) is 80.8 Å². The fraction of sp³-hybridized carbons (Fsp3) is 0.333. The second-order valence-corrected chi connectivity index (χ2v) is 8.97. The van der Waals surface area contributed by atoms with Crippen molar-refractivity contribution in [3.63, 3.8) is 0 Å². The molecule has 0 bridgehead atoms. The van der Waals surface area contributed by atoms with Crippen LogP contribution in [0.2, 0.25) is 0 Å². The van der Waals surface area contributed by atoms with E-state index in [1.807, 2.05) is 37.3 Å². The van der Waals surface area contributed by atoms with Crippen LogP contribution in [0.25, 0.3) is 11.4 Å². The number of carbonyl (C=O) groups excluding carboxylic acids is 2. The van der Waals surface area contributed by atoms with Crippen molar-refractivity contribution in [2.75, 3.05) is 39.4 Å². The van der Waals surface area contributed by atoms with E-state index in [2.05, 4.69) is 15.0 Å². The first-order valence-corrected chi connectivity index (χ1v) is 12.1. The zero-order valence-electron chi connectivity index (χ0n) is 20.2. The predicted molar refractivity (Wildman–Crippen MR) is 133 cm³/mol. The second kappa shape index (κ2) is 10.4. The number of aliphatic hydroxyl groups is 1. The molecule has 5 rings (SSSR count). The summed E-state index contributed by atoms with van der Waals surface area (Å²) in [6.45, 7) is 6.16. The third-order valence-electron chi connectivity index (χ3n) is 6.80. The highest BCUT2D eigenvalue weighted by Gasteiger charge is 2.46. The van der Waals surface area contributed by atoms with Gasteiger partial charge in [0.2, 0.25) is 0 Å². The summed E-state index contributed by atoms with van der Waals surface area (Å²) in [5.41, 5.74) is 2.73. The maximum atomic E-state index is 13.3. The summed E-state index contributed by atoms with van der Waals surface area (Å²) >= 11 is 0. The van der Waals surface area contributed by atoms with Crippen molar-refractivity contribution in [1.29, 1.82) is 0 Å². The first-order valence-electron chi connectivity index (χ1n) is 12.1. The van der Waals surface area contributed by atoms with E-state index in [4.69, 9.17) is 4.74 Å². The summed E-state index contributed by atoms with van der Waals surface area (Å²) in [5.74, 6) is -1.51. The van der Waals surface area contributed by atoms with Gasteiger partial charge in [-0.25, -0.2) is 4.68 Å². The number of aromatic nitrogens is 3. The molecule has 1 atom stereocenters. The topological polar surface area (TPSA) is 101 Å². The van der Waals surface area contributed by atoms with Gasteiger partial charge in [0, 0.05) is 38.6 Å². The average molecular weight is 488 g/mol. The zero-order chi connectivity index (χ0) is 25.1. The summed E-state index contributed by atoms with van der Waals surface area (Å²) in [5, 5.41) is 15.8. The minimum Gasteiger partial charge on any atom is -0.507 e. The molecule has 0 saturated carbocycles. The maximum absolute atomic E-state index is 13.3. The Morgan fingerprint density at radius 3 is 2.50 bits per heavy atom. The van der Waals surface area contributed by atoms with E-state index in [0.29, 0.717) is 37.4 Å². The number of nitrogens with zero attached hydrogens (tertiary/aromatic N) is 5. The van der Waals surface area contributed by atoms with Gasteiger partial charge in [-0.1, -0.05) is 18.2 Å². The van der Waals surface area contributed by atoms with Crippen LogP contribution in [0.1, 0.15) is 29.3 Å². The summed E-state index contributed by atoms with van der Waals surface area (Å²) in [7, 11) is 0. The Morgan fingerprint density at radius 1 is 1.06 bits per heavy atom. The van der Waals surface area contributed by atoms with Crippen molar-refractivity contribution in [2.24, 2.45) is 0 Å². The second-order valence-electron chi connectivity index (χ2n) is 8.97. The van der Waals surface area contributed by atoms with Crippen LogP contribution in [0.3, 0.4) is 0 Å². The molecule has 1 amide bonds. The van der Waals surface area contributed by atoms with Crippen LogP contribution in [0, 0.1) is 6.92 Å². The molecular weight excluding hydrogens is 458 g/mol. The van der Waals surface area contributed by atoms with Gasteiger partial charge in [-0.05, 0) is 43.2 Å². The molecule has 36 heavy (non-hydrogen) atoms. The molecule has 0 aliphatic carbocycles. The lowest BCUT2D eigenvalue weighted by Gasteiger charge is -2.29. The van der Waals surface area contributed by atoms with Gasteiger partial charge in [0.15, 0.2) is 0 Å². The molecule has 186 valence electrons. The number of carbonyl (C=O) groups is 2. The van der Waals surface area contributed by atoms with Crippen molar-refractivity contribution in [3.05, 3.63) is 83.4 Å². The Balaban J connectivity index is 1.49. The Labute approximate surface area is 209 Å². The average Bonchev–Trinajstić information content (AvgIpc) is 3.42. The lowest BCUT2D eigenvalue weighted by atomic mass is 9.96. The number of likely N-dealkylation sites (tertiary alicyclic amines) is 1. The zero-order valence-corrected chi connectivity index (χ0v) is 20.2. The molecular formula is C27H29N5O4. The highest BCUT2D eigenvalue weighted by atomic mass is 16.5. The molecule has 9 nitrogen and oxygen atoms in total. The number of benzene rings is 1. The number of hydrogen-bond acceptors (Lipinski definition) is 7. The number of morpholine rings is 1.